The van der Waals surface area contributed by atoms with E-state index in [-0.39, 0.29) is 29.1 Å². The molecule has 0 fully saturated rings. The molecule has 1 atom stereocenters. The number of hydrogen-bond acceptors (Lipinski definition) is 6. The molecule has 1 aromatic carbocycles. The average Bonchev–Trinajstić information content (AvgIpc) is 2.55. The minimum Gasteiger partial charge on any atom is -0.508 e. The Morgan fingerprint density at radius 2 is 1.96 bits per heavy atom. The molecule has 0 aliphatic rings. The normalized spacial score (nSPS) is 12.1. The SMILES string of the molecule is CSC[C@H](NC(=O)Cc1c(C)c2ccc(O)c(C)c2oc1=O)C(=O)O. The zero-order chi connectivity index (χ0) is 18.7. The second kappa shape index (κ2) is 7.60. The number of carbonyl (C=O) groups excluding carboxylic acids is 1. The van der Waals surface area contributed by atoms with Crippen molar-refractivity contribution in [2.75, 3.05) is 12.0 Å². The number of thioether (sulfide) groups is 1. The van der Waals surface area contributed by atoms with Crippen molar-refractivity contribution < 1.29 is 24.2 Å². The summed E-state index contributed by atoms with van der Waals surface area (Å²) in [7, 11) is 0. The van der Waals surface area contributed by atoms with Gasteiger partial charge in [0.15, 0.2) is 0 Å². The van der Waals surface area contributed by atoms with Crippen molar-refractivity contribution >= 4 is 34.6 Å². The Kier molecular flexibility index (Phi) is 5.73. The van der Waals surface area contributed by atoms with Crippen LogP contribution >= 0.6 is 11.8 Å². The first-order chi connectivity index (χ1) is 11.8. The number of phenolic OH excluding ortho intramolecular Hbond substituents is 1. The van der Waals surface area contributed by atoms with Gasteiger partial charge in [-0.05, 0) is 37.8 Å². The third-order valence-electron chi connectivity index (χ3n) is 3.98. The predicted octanol–water partition coefficient (Wildman–Crippen LogP) is 1.59. The number of amides is 1. The minimum absolute atomic E-state index is 0.0157. The van der Waals surface area contributed by atoms with E-state index in [9.17, 15) is 19.5 Å². The molecule has 0 saturated carbocycles. The molecular weight excluding hydrogens is 346 g/mol. The number of aromatic hydroxyl groups is 1. The van der Waals surface area contributed by atoms with Gasteiger partial charge in [0, 0.05) is 16.7 Å². The van der Waals surface area contributed by atoms with Gasteiger partial charge in [-0.2, -0.15) is 11.8 Å². The summed E-state index contributed by atoms with van der Waals surface area (Å²) in [6.07, 6.45) is 1.46. The molecule has 1 heterocycles. The lowest BCUT2D eigenvalue weighted by Crippen LogP contribution is -2.43. The Hall–Kier alpha value is -2.48. The van der Waals surface area contributed by atoms with Crippen LogP contribution in [0.4, 0.5) is 0 Å². The van der Waals surface area contributed by atoms with E-state index >= 15 is 0 Å². The van der Waals surface area contributed by atoms with E-state index in [0.717, 1.165) is 0 Å². The number of phenols is 1. The summed E-state index contributed by atoms with van der Waals surface area (Å²) in [6, 6.07) is 2.09. The largest absolute Gasteiger partial charge is 0.508 e. The van der Waals surface area contributed by atoms with E-state index in [1.165, 1.54) is 17.8 Å². The lowest BCUT2D eigenvalue weighted by atomic mass is 10.0. The van der Waals surface area contributed by atoms with Gasteiger partial charge in [-0.15, -0.1) is 0 Å². The molecule has 0 radical (unpaired) electrons. The van der Waals surface area contributed by atoms with Crippen molar-refractivity contribution in [3.8, 4) is 5.75 Å². The Morgan fingerprint density at radius 3 is 2.56 bits per heavy atom. The molecule has 134 valence electrons. The lowest BCUT2D eigenvalue weighted by Gasteiger charge is -2.14. The minimum atomic E-state index is -1.13. The standard InChI is InChI=1S/C17H19NO6S/c1-8-10-4-5-13(19)9(2)15(10)24-17(23)11(8)6-14(20)18-12(7-25-3)16(21)22/h4-5,12,19H,6-7H2,1-3H3,(H,18,20)(H,21,22)/t12-/m0/s1. The number of carbonyl (C=O) groups is 2. The van der Waals surface area contributed by atoms with Crippen LogP contribution in [0.2, 0.25) is 0 Å². The molecule has 3 N–H and O–H groups in total. The van der Waals surface area contributed by atoms with Gasteiger partial charge in [0.25, 0.3) is 0 Å². The number of fused-ring (bicyclic) bond motifs is 1. The number of carboxylic acids is 1. The molecule has 2 rings (SSSR count). The summed E-state index contributed by atoms with van der Waals surface area (Å²) in [6.45, 7) is 3.32. The van der Waals surface area contributed by atoms with E-state index in [4.69, 9.17) is 9.52 Å². The average molecular weight is 365 g/mol. The van der Waals surface area contributed by atoms with Crippen molar-refractivity contribution in [1.82, 2.24) is 5.32 Å². The van der Waals surface area contributed by atoms with Crippen molar-refractivity contribution in [3.63, 3.8) is 0 Å². The highest BCUT2D eigenvalue weighted by Crippen LogP contribution is 2.28. The maximum Gasteiger partial charge on any atom is 0.340 e. The van der Waals surface area contributed by atoms with Gasteiger partial charge in [-0.1, -0.05) is 0 Å². The Morgan fingerprint density at radius 1 is 1.28 bits per heavy atom. The smallest absolute Gasteiger partial charge is 0.340 e. The van der Waals surface area contributed by atoms with Crippen molar-refractivity contribution in [2.24, 2.45) is 0 Å². The van der Waals surface area contributed by atoms with Crippen molar-refractivity contribution in [1.29, 1.82) is 0 Å². The fraction of sp³-hybridized carbons (Fsp3) is 0.353. The summed E-state index contributed by atoms with van der Waals surface area (Å²) in [4.78, 5) is 35.5. The highest BCUT2D eigenvalue weighted by molar-refractivity contribution is 7.98. The van der Waals surface area contributed by atoms with Gasteiger partial charge in [-0.3, -0.25) is 4.79 Å². The molecule has 8 heteroatoms. The van der Waals surface area contributed by atoms with E-state index in [2.05, 4.69) is 5.32 Å². The van der Waals surface area contributed by atoms with Crippen LogP contribution in [0.5, 0.6) is 5.75 Å². The summed E-state index contributed by atoms with van der Waals surface area (Å²) in [5, 5.41) is 21.9. The number of rotatable bonds is 6. The van der Waals surface area contributed by atoms with Crippen LogP contribution in [-0.4, -0.2) is 40.1 Å². The quantitative estimate of drug-likeness (QED) is 0.666. The van der Waals surface area contributed by atoms with E-state index in [0.29, 0.717) is 16.5 Å². The number of aliphatic carboxylic acids is 1. The Labute approximate surface area is 148 Å². The monoisotopic (exact) mass is 365 g/mol. The van der Waals surface area contributed by atoms with E-state index in [1.54, 1.807) is 26.2 Å². The third kappa shape index (κ3) is 3.96. The van der Waals surface area contributed by atoms with Gasteiger partial charge in [0.05, 0.1) is 12.0 Å². The summed E-state index contributed by atoms with van der Waals surface area (Å²) < 4.78 is 5.27. The molecule has 1 aromatic heterocycles. The van der Waals surface area contributed by atoms with Gasteiger partial charge in [0.1, 0.15) is 17.4 Å². The van der Waals surface area contributed by atoms with Crippen LogP contribution in [0.1, 0.15) is 16.7 Å². The lowest BCUT2D eigenvalue weighted by molar-refractivity contribution is -0.141. The molecule has 0 bridgehead atoms. The first-order valence-corrected chi connectivity index (χ1v) is 8.91. The van der Waals surface area contributed by atoms with E-state index < -0.39 is 23.5 Å². The Balaban J connectivity index is 2.35. The van der Waals surface area contributed by atoms with Gasteiger partial charge in [0.2, 0.25) is 5.91 Å². The highest BCUT2D eigenvalue weighted by Gasteiger charge is 2.22. The molecule has 7 nitrogen and oxygen atoms in total. The summed E-state index contributed by atoms with van der Waals surface area (Å²) in [5.41, 5.74) is 0.785. The fourth-order valence-corrected chi connectivity index (χ4v) is 3.09. The molecule has 0 unspecified atom stereocenters. The number of nitrogens with one attached hydrogen (secondary N) is 1. The zero-order valence-corrected chi connectivity index (χ0v) is 14.9. The molecule has 0 spiro atoms. The van der Waals surface area contributed by atoms with Gasteiger partial charge in [-0.25, -0.2) is 9.59 Å². The summed E-state index contributed by atoms with van der Waals surface area (Å²) >= 11 is 1.30. The van der Waals surface area contributed by atoms with Crippen LogP contribution in [0.25, 0.3) is 11.0 Å². The second-order valence-electron chi connectivity index (χ2n) is 5.67. The zero-order valence-electron chi connectivity index (χ0n) is 14.1. The number of aryl methyl sites for hydroxylation is 2. The molecule has 0 saturated heterocycles. The first-order valence-electron chi connectivity index (χ1n) is 7.52. The molecule has 25 heavy (non-hydrogen) atoms. The van der Waals surface area contributed by atoms with Crippen LogP contribution in [0, 0.1) is 13.8 Å². The van der Waals surface area contributed by atoms with Crippen LogP contribution in [-0.2, 0) is 16.0 Å². The van der Waals surface area contributed by atoms with Crippen LogP contribution in [0.15, 0.2) is 21.3 Å². The predicted molar refractivity (Wildman–Crippen MR) is 95.3 cm³/mol. The topological polar surface area (TPSA) is 117 Å². The molecule has 0 aliphatic carbocycles. The highest BCUT2D eigenvalue weighted by atomic mass is 32.2. The number of hydrogen-bond donors (Lipinski definition) is 3. The maximum atomic E-state index is 12.2. The van der Waals surface area contributed by atoms with Crippen LogP contribution < -0.4 is 10.9 Å². The second-order valence-corrected chi connectivity index (χ2v) is 6.58. The van der Waals surface area contributed by atoms with E-state index in [1.807, 2.05) is 0 Å². The van der Waals surface area contributed by atoms with Crippen LogP contribution in [0.3, 0.4) is 0 Å². The molecular formula is C17H19NO6S. The number of carboxylic acid groups (broad SMARTS) is 1. The molecule has 0 aliphatic heterocycles. The number of benzene rings is 1. The third-order valence-corrected chi connectivity index (χ3v) is 4.65. The van der Waals surface area contributed by atoms with Crippen molar-refractivity contribution in [3.05, 3.63) is 39.2 Å². The van der Waals surface area contributed by atoms with Gasteiger partial charge < -0.3 is 19.9 Å². The first kappa shape index (κ1) is 18.9. The Bertz CT molecular complexity index is 889. The molecule has 2 aromatic rings. The fourth-order valence-electron chi connectivity index (χ4n) is 2.53. The van der Waals surface area contributed by atoms with Gasteiger partial charge >= 0.3 is 11.6 Å². The maximum absolute atomic E-state index is 12.2. The summed E-state index contributed by atoms with van der Waals surface area (Å²) in [5.74, 6) is -1.45. The van der Waals surface area contributed by atoms with Crippen molar-refractivity contribution in [2.45, 2.75) is 26.3 Å². The molecule has 1 amide bonds.